The van der Waals surface area contributed by atoms with Gasteiger partial charge in [0.15, 0.2) is 18.0 Å². The minimum atomic E-state index is -4.06. The highest BCUT2D eigenvalue weighted by Crippen LogP contribution is 2.53. The number of hydrogen-bond donors (Lipinski definition) is 0. The summed E-state index contributed by atoms with van der Waals surface area (Å²) in [6.07, 6.45) is -0.00679. The van der Waals surface area contributed by atoms with E-state index in [1.165, 1.54) is 6.07 Å². The normalized spacial score (nSPS) is 14.5. The molecule has 0 radical (unpaired) electrons. The van der Waals surface area contributed by atoms with Gasteiger partial charge < -0.3 is 14.0 Å². The zero-order valence-corrected chi connectivity index (χ0v) is 14.2. The number of fused-ring (bicyclic) bond motifs is 1. The Hall–Kier alpha value is -2.28. The van der Waals surface area contributed by atoms with Crippen molar-refractivity contribution in [3.8, 4) is 23.3 Å². The molecule has 0 saturated heterocycles. The van der Waals surface area contributed by atoms with Crippen molar-refractivity contribution in [1.29, 1.82) is 5.26 Å². The van der Waals surface area contributed by atoms with E-state index in [0.717, 1.165) is 9.78 Å². The Bertz CT molecular complexity index is 764. The lowest BCUT2D eigenvalue weighted by Crippen LogP contribution is -2.14. The molecule has 0 N–H and O–H groups in total. The third-order valence-electron chi connectivity index (χ3n) is 2.84. The van der Waals surface area contributed by atoms with Crippen LogP contribution in [0.3, 0.4) is 0 Å². The molecule has 0 spiro atoms. The third-order valence-corrected chi connectivity index (χ3v) is 5.39. The molecule has 0 aliphatic carbocycles. The Morgan fingerprint density at radius 3 is 2.71 bits per heavy atom. The molecule has 1 unspecified atom stereocenters. The molecule has 0 saturated carbocycles. The molecule has 0 bridgehead atoms. The van der Waals surface area contributed by atoms with Crippen LogP contribution in [0, 0.1) is 21.4 Å². The summed E-state index contributed by atoms with van der Waals surface area (Å²) in [5, 5.41) is 19.8. The van der Waals surface area contributed by atoms with E-state index in [-0.39, 0.29) is 43.6 Å². The van der Waals surface area contributed by atoms with E-state index in [0.29, 0.717) is 0 Å². The molecule has 0 amide bonds. The van der Waals surface area contributed by atoms with Gasteiger partial charge in [0, 0.05) is 6.07 Å². The molecule has 1 atom stereocenters. The molecule has 2 rings (SSSR count). The summed E-state index contributed by atoms with van der Waals surface area (Å²) in [5.41, 5.74) is -0.470. The van der Waals surface area contributed by atoms with Crippen LogP contribution in [0.2, 0.25) is 0 Å². The van der Waals surface area contributed by atoms with Crippen LogP contribution in [0.15, 0.2) is 12.1 Å². The van der Waals surface area contributed by atoms with Crippen LogP contribution in [0.25, 0.3) is 0 Å². The maximum atomic E-state index is 12.8. The highest BCUT2D eigenvalue weighted by molar-refractivity contribution is 7.55. The van der Waals surface area contributed by atoms with Gasteiger partial charge >= 0.3 is 13.4 Å². The first-order valence-electron chi connectivity index (χ1n) is 6.75. The molecular weight excluding hydrogens is 361 g/mol. The summed E-state index contributed by atoms with van der Waals surface area (Å²) in [7, 11) is -4.06. The third kappa shape index (κ3) is 3.79. The zero-order valence-electron chi connectivity index (χ0n) is 12.5. The fourth-order valence-electron chi connectivity index (χ4n) is 1.82. The van der Waals surface area contributed by atoms with Gasteiger partial charge in [-0.15, -0.1) is 0 Å². The number of ether oxygens (including phenoxy) is 2. The Balaban J connectivity index is 2.39. The average molecular weight is 374 g/mol. The molecular formula is C12H13N3O7PS+. The fraction of sp³-hybridized carbons (Fsp3) is 0.417. The summed E-state index contributed by atoms with van der Waals surface area (Å²) in [6, 6.07) is 4.16. The molecule has 1 heterocycles. The van der Waals surface area contributed by atoms with E-state index in [9.17, 15) is 14.7 Å². The highest BCUT2D eigenvalue weighted by atomic mass is 32.1. The van der Waals surface area contributed by atoms with Crippen LogP contribution in [0.4, 0.5) is 5.69 Å². The van der Waals surface area contributed by atoms with E-state index in [4.69, 9.17) is 36.2 Å². The lowest BCUT2D eigenvalue weighted by atomic mass is 10.2. The van der Waals surface area contributed by atoms with Crippen LogP contribution in [0.1, 0.15) is 13.3 Å². The van der Waals surface area contributed by atoms with Crippen LogP contribution in [0.5, 0.6) is 17.2 Å². The zero-order chi connectivity index (χ0) is 17.7. The molecule has 12 heteroatoms. The van der Waals surface area contributed by atoms with Gasteiger partial charge in [-0.05, 0) is 6.92 Å². The summed E-state index contributed by atoms with van der Waals surface area (Å²) in [5.74, 6) is 0.0689. The molecule has 1 aromatic rings. The Morgan fingerprint density at radius 2 is 2.12 bits per heavy atom. The Labute approximate surface area is 142 Å². The van der Waals surface area contributed by atoms with Gasteiger partial charge in [-0.2, -0.15) is 9.83 Å². The van der Waals surface area contributed by atoms with Crippen molar-refractivity contribution >= 4 is 25.9 Å². The minimum absolute atomic E-state index is 0.00464. The summed E-state index contributed by atoms with van der Waals surface area (Å²) >= 11 is 4.95. The van der Waals surface area contributed by atoms with Crippen LogP contribution >= 0.6 is 7.75 Å². The maximum Gasteiger partial charge on any atom is 0.679 e. The predicted molar refractivity (Wildman–Crippen MR) is 81.8 cm³/mol. The first kappa shape index (κ1) is 18.1. The van der Waals surface area contributed by atoms with Crippen LogP contribution < -0.4 is 14.0 Å². The second-order valence-electron chi connectivity index (χ2n) is 4.39. The smallest absolute Gasteiger partial charge is 0.453 e. The molecule has 1 aromatic carbocycles. The van der Waals surface area contributed by atoms with E-state index in [1.54, 1.807) is 6.92 Å². The molecule has 1 aliphatic rings. The predicted octanol–water partition coefficient (Wildman–Crippen LogP) is 2.50. The average Bonchev–Trinajstić information content (AvgIpc) is 2.99. The summed E-state index contributed by atoms with van der Waals surface area (Å²) in [4.78, 5) is 10.5. The largest absolute Gasteiger partial charge is 0.679 e. The molecule has 0 aromatic heterocycles. The van der Waals surface area contributed by atoms with Crippen molar-refractivity contribution in [2.75, 3.05) is 19.9 Å². The number of nitro groups is 1. The van der Waals surface area contributed by atoms with Crippen molar-refractivity contribution in [3.05, 3.63) is 22.2 Å². The number of nitrogens with zero attached hydrogens (tertiary/aromatic N) is 3. The first-order chi connectivity index (χ1) is 11.4. The molecule has 1 aliphatic heterocycles. The fourth-order valence-corrected chi connectivity index (χ4v) is 3.49. The van der Waals surface area contributed by atoms with E-state index < -0.39 is 18.4 Å². The van der Waals surface area contributed by atoms with Gasteiger partial charge in [-0.25, -0.2) is 4.52 Å². The number of nitro benzene ring substituents is 1. The lowest BCUT2D eigenvalue weighted by molar-refractivity contribution is -0.387. The molecule has 128 valence electrons. The number of nitriles is 1. The van der Waals surface area contributed by atoms with Crippen molar-refractivity contribution < 1.29 is 31.7 Å². The quantitative estimate of drug-likeness (QED) is 0.383. The van der Waals surface area contributed by atoms with E-state index >= 15 is 0 Å². The van der Waals surface area contributed by atoms with Gasteiger partial charge in [0.05, 0.1) is 30.1 Å². The van der Waals surface area contributed by atoms with Crippen LogP contribution in [-0.2, 0) is 21.5 Å². The molecule has 0 fully saturated rings. The second-order valence-corrected chi connectivity index (χ2v) is 6.96. The van der Waals surface area contributed by atoms with Crippen molar-refractivity contribution in [2.24, 2.45) is 0 Å². The van der Waals surface area contributed by atoms with E-state index in [1.807, 2.05) is 6.07 Å². The van der Waals surface area contributed by atoms with Gasteiger partial charge in [-0.3, -0.25) is 10.1 Å². The second kappa shape index (κ2) is 7.53. The highest BCUT2D eigenvalue weighted by Gasteiger charge is 2.44. The van der Waals surface area contributed by atoms with Crippen LogP contribution in [-0.4, -0.2) is 28.6 Å². The SMILES string of the molecule is CCOP(=O)(Oc1cc2c(cc1[N+](=O)[O-])OCO2)[N+](=S)CCC#N. The summed E-state index contributed by atoms with van der Waals surface area (Å²) in [6.45, 7) is 1.41. The van der Waals surface area contributed by atoms with Crippen molar-refractivity contribution in [2.45, 2.75) is 13.3 Å². The number of rotatable bonds is 8. The van der Waals surface area contributed by atoms with Crippen molar-refractivity contribution in [3.63, 3.8) is 0 Å². The van der Waals surface area contributed by atoms with E-state index in [2.05, 4.69) is 0 Å². The number of benzene rings is 1. The van der Waals surface area contributed by atoms with Gasteiger partial charge in [0.1, 0.15) is 0 Å². The Kier molecular flexibility index (Phi) is 5.66. The lowest BCUT2D eigenvalue weighted by Gasteiger charge is -2.12. The van der Waals surface area contributed by atoms with Crippen molar-refractivity contribution in [1.82, 2.24) is 0 Å². The molecule has 10 nitrogen and oxygen atoms in total. The summed E-state index contributed by atoms with van der Waals surface area (Å²) < 4.78 is 34.2. The van der Waals surface area contributed by atoms with Gasteiger partial charge in [0.2, 0.25) is 12.5 Å². The monoisotopic (exact) mass is 374 g/mol. The van der Waals surface area contributed by atoms with Gasteiger partial charge in [0.25, 0.3) is 12.4 Å². The van der Waals surface area contributed by atoms with Gasteiger partial charge in [-0.1, -0.05) is 3.72 Å². The first-order valence-corrected chi connectivity index (χ1v) is 8.61. The standard InChI is InChI=1S/C12H13N3O7PS/c1-2-21-23(18,14(24)5-3-4-13)22-10-7-12-11(19-8-20-12)6-9(10)15(16)17/h6-7H,2-3,5,8H2,1H3/q+1. The Morgan fingerprint density at radius 1 is 1.46 bits per heavy atom. The topological polar surface area (TPSA) is 124 Å². The minimum Gasteiger partial charge on any atom is -0.453 e. The molecule has 24 heavy (non-hydrogen) atoms. The maximum absolute atomic E-state index is 12.8. The number of hydrogen-bond acceptors (Lipinski definition) is 9.